The molecular formula is C11H17N3O5S. The maximum Gasteiger partial charge on any atom is 0.244 e. The monoisotopic (exact) mass is 303 g/mol. The number of ether oxygens (including phenoxy) is 2. The molecule has 0 saturated carbocycles. The number of hydrogen-bond acceptors (Lipinski definition) is 6. The van der Waals surface area contributed by atoms with Crippen molar-refractivity contribution in [3.8, 4) is 11.5 Å². The van der Waals surface area contributed by atoms with E-state index >= 15 is 0 Å². The summed E-state index contributed by atoms with van der Waals surface area (Å²) in [5, 5.41) is 2.31. The zero-order chi connectivity index (χ0) is 15.3. The molecule has 0 heterocycles. The third kappa shape index (κ3) is 3.52. The molecule has 0 spiro atoms. The van der Waals surface area contributed by atoms with Crippen LogP contribution in [-0.4, -0.2) is 42.1 Å². The van der Waals surface area contributed by atoms with E-state index < -0.39 is 15.9 Å². The van der Waals surface area contributed by atoms with Crippen LogP contribution in [0.1, 0.15) is 0 Å². The molecule has 1 rings (SSSR count). The van der Waals surface area contributed by atoms with Gasteiger partial charge in [0.25, 0.3) is 0 Å². The fraction of sp³-hybridized carbons (Fsp3) is 0.364. The summed E-state index contributed by atoms with van der Waals surface area (Å²) in [5.41, 5.74) is 5.83. The molecule has 0 aliphatic heterocycles. The van der Waals surface area contributed by atoms with E-state index in [1.807, 2.05) is 0 Å². The van der Waals surface area contributed by atoms with Gasteiger partial charge in [0.2, 0.25) is 15.9 Å². The summed E-state index contributed by atoms with van der Waals surface area (Å²) in [5.74, 6) is -0.0958. The molecule has 1 amide bonds. The standard InChI is InChI=1S/C11H17N3O5S/c1-13-11(15)6-14-20(16,17)10-4-7(12)8(18-2)5-9(10)19-3/h4-5,14H,6,12H2,1-3H3,(H,13,15). The van der Waals surface area contributed by atoms with E-state index in [0.29, 0.717) is 5.75 Å². The average Bonchev–Trinajstić information content (AvgIpc) is 2.44. The molecule has 0 bridgehead atoms. The zero-order valence-corrected chi connectivity index (χ0v) is 12.2. The van der Waals surface area contributed by atoms with Crippen molar-refractivity contribution >= 4 is 21.6 Å². The number of nitrogen functional groups attached to an aromatic ring is 1. The zero-order valence-electron chi connectivity index (χ0n) is 11.4. The summed E-state index contributed by atoms with van der Waals surface area (Å²) in [7, 11) is 0.206. The number of amides is 1. The number of carbonyl (C=O) groups excluding carboxylic acids is 1. The number of rotatable bonds is 6. The van der Waals surface area contributed by atoms with Crippen LogP contribution in [0.15, 0.2) is 17.0 Å². The minimum absolute atomic E-state index is 0.0699. The molecule has 0 aliphatic carbocycles. The molecule has 4 N–H and O–H groups in total. The lowest BCUT2D eigenvalue weighted by atomic mass is 10.3. The van der Waals surface area contributed by atoms with Crippen LogP contribution in [0.5, 0.6) is 11.5 Å². The van der Waals surface area contributed by atoms with E-state index in [0.717, 1.165) is 0 Å². The number of nitrogens with two attached hydrogens (primary N) is 1. The highest BCUT2D eigenvalue weighted by atomic mass is 32.2. The summed E-state index contributed by atoms with van der Waals surface area (Å²) in [6.45, 7) is -0.381. The molecule has 8 nitrogen and oxygen atoms in total. The Morgan fingerprint density at radius 3 is 2.35 bits per heavy atom. The van der Waals surface area contributed by atoms with Gasteiger partial charge in [-0.3, -0.25) is 4.79 Å². The van der Waals surface area contributed by atoms with Crippen LogP contribution in [-0.2, 0) is 14.8 Å². The van der Waals surface area contributed by atoms with Gasteiger partial charge in [-0.05, 0) is 6.07 Å². The summed E-state index contributed by atoms with van der Waals surface area (Å²) in [4.78, 5) is 10.9. The molecule has 0 fully saturated rings. The predicted octanol–water partition coefficient (Wildman–Crippen LogP) is -0.690. The van der Waals surface area contributed by atoms with Crippen molar-refractivity contribution in [3.05, 3.63) is 12.1 Å². The second kappa shape index (κ2) is 6.44. The minimum atomic E-state index is -3.93. The Hall–Kier alpha value is -2.00. The largest absolute Gasteiger partial charge is 0.495 e. The third-order valence-electron chi connectivity index (χ3n) is 2.51. The van der Waals surface area contributed by atoms with E-state index in [-0.39, 0.29) is 22.9 Å². The SMILES string of the molecule is CNC(=O)CNS(=O)(=O)c1cc(N)c(OC)cc1OC. The van der Waals surface area contributed by atoms with E-state index in [2.05, 4.69) is 10.0 Å². The normalized spacial score (nSPS) is 10.9. The Morgan fingerprint density at radius 2 is 1.85 bits per heavy atom. The van der Waals surface area contributed by atoms with Gasteiger partial charge in [0.05, 0.1) is 26.5 Å². The molecule has 9 heteroatoms. The summed E-state index contributed by atoms with van der Waals surface area (Å²) in [6.07, 6.45) is 0. The predicted molar refractivity (Wildman–Crippen MR) is 73.2 cm³/mol. The van der Waals surface area contributed by atoms with Crippen LogP contribution in [0.25, 0.3) is 0 Å². The van der Waals surface area contributed by atoms with Crippen LogP contribution < -0.4 is 25.2 Å². The van der Waals surface area contributed by atoms with Crippen LogP contribution in [0, 0.1) is 0 Å². The van der Waals surface area contributed by atoms with Crippen molar-refractivity contribution in [2.75, 3.05) is 33.5 Å². The first-order valence-corrected chi connectivity index (χ1v) is 7.05. The lowest BCUT2D eigenvalue weighted by Gasteiger charge is -2.13. The Bertz CT molecular complexity index is 600. The number of hydrogen-bond donors (Lipinski definition) is 3. The first-order valence-electron chi connectivity index (χ1n) is 5.57. The molecule has 0 atom stereocenters. The number of anilines is 1. The molecule has 0 aliphatic rings. The van der Waals surface area contributed by atoms with Crippen LogP contribution in [0.2, 0.25) is 0 Å². The van der Waals surface area contributed by atoms with Gasteiger partial charge in [-0.1, -0.05) is 0 Å². The Labute approximate surface area is 117 Å². The van der Waals surface area contributed by atoms with Crippen molar-refractivity contribution < 1.29 is 22.7 Å². The maximum atomic E-state index is 12.1. The fourth-order valence-electron chi connectivity index (χ4n) is 1.43. The number of benzene rings is 1. The number of likely N-dealkylation sites (N-methyl/N-ethyl adjacent to an activating group) is 1. The molecule has 0 aromatic heterocycles. The quantitative estimate of drug-likeness (QED) is 0.598. The van der Waals surface area contributed by atoms with Gasteiger partial charge in [0, 0.05) is 13.1 Å². The van der Waals surface area contributed by atoms with Gasteiger partial charge >= 0.3 is 0 Å². The molecule has 0 saturated heterocycles. The maximum absolute atomic E-state index is 12.1. The Kier molecular flexibility index (Phi) is 5.17. The smallest absolute Gasteiger partial charge is 0.244 e. The molecule has 0 unspecified atom stereocenters. The highest BCUT2D eigenvalue weighted by molar-refractivity contribution is 7.89. The molecule has 1 aromatic rings. The van der Waals surface area contributed by atoms with Crippen molar-refractivity contribution in [1.82, 2.24) is 10.0 Å². The molecule has 20 heavy (non-hydrogen) atoms. The van der Waals surface area contributed by atoms with Crippen molar-refractivity contribution in [1.29, 1.82) is 0 Å². The first kappa shape index (κ1) is 16.1. The number of nitrogens with one attached hydrogen (secondary N) is 2. The Morgan fingerprint density at radius 1 is 1.25 bits per heavy atom. The van der Waals surface area contributed by atoms with Gasteiger partial charge in [-0.15, -0.1) is 0 Å². The highest BCUT2D eigenvalue weighted by Gasteiger charge is 2.22. The second-order valence-corrected chi connectivity index (χ2v) is 5.48. The molecule has 1 aromatic carbocycles. The van der Waals surface area contributed by atoms with Gasteiger partial charge in [-0.25, -0.2) is 13.1 Å². The number of sulfonamides is 1. The summed E-state index contributed by atoms with van der Waals surface area (Å²) >= 11 is 0. The Balaban J connectivity index is 3.17. The lowest BCUT2D eigenvalue weighted by molar-refractivity contribution is -0.119. The average molecular weight is 303 g/mol. The van der Waals surface area contributed by atoms with Crippen molar-refractivity contribution in [2.45, 2.75) is 4.90 Å². The second-order valence-electron chi connectivity index (χ2n) is 3.74. The topological polar surface area (TPSA) is 120 Å². The van der Waals surface area contributed by atoms with Crippen molar-refractivity contribution in [3.63, 3.8) is 0 Å². The minimum Gasteiger partial charge on any atom is -0.495 e. The lowest BCUT2D eigenvalue weighted by Crippen LogP contribution is -2.35. The highest BCUT2D eigenvalue weighted by Crippen LogP contribution is 2.33. The van der Waals surface area contributed by atoms with E-state index in [9.17, 15) is 13.2 Å². The van der Waals surface area contributed by atoms with Gasteiger partial charge < -0.3 is 20.5 Å². The van der Waals surface area contributed by atoms with Gasteiger partial charge in [-0.2, -0.15) is 0 Å². The van der Waals surface area contributed by atoms with Gasteiger partial charge in [0.1, 0.15) is 16.4 Å². The number of methoxy groups -OCH3 is 2. The van der Waals surface area contributed by atoms with Gasteiger partial charge in [0.15, 0.2) is 0 Å². The van der Waals surface area contributed by atoms with Crippen LogP contribution >= 0.6 is 0 Å². The van der Waals surface area contributed by atoms with E-state index in [1.54, 1.807) is 0 Å². The van der Waals surface area contributed by atoms with E-state index in [1.165, 1.54) is 33.4 Å². The summed E-state index contributed by atoms with van der Waals surface area (Å²) < 4.78 is 36.4. The fourth-order valence-corrected chi connectivity index (χ4v) is 2.60. The van der Waals surface area contributed by atoms with Crippen LogP contribution in [0.4, 0.5) is 5.69 Å². The van der Waals surface area contributed by atoms with E-state index in [4.69, 9.17) is 15.2 Å². The van der Waals surface area contributed by atoms with Crippen molar-refractivity contribution in [2.24, 2.45) is 0 Å². The molecular weight excluding hydrogens is 286 g/mol. The molecule has 0 radical (unpaired) electrons. The summed E-state index contributed by atoms with van der Waals surface area (Å²) in [6, 6.07) is 2.58. The number of carbonyl (C=O) groups is 1. The molecule has 112 valence electrons. The first-order chi connectivity index (χ1) is 9.35. The third-order valence-corrected chi connectivity index (χ3v) is 3.93. The van der Waals surface area contributed by atoms with Crippen LogP contribution in [0.3, 0.4) is 0 Å².